The number of hydrogen-bond acceptors (Lipinski definition) is 2. The Morgan fingerprint density at radius 3 is 0.667 bits per heavy atom. The minimum absolute atomic E-state index is 0. The zero-order chi connectivity index (χ0) is 4.00. The van der Waals surface area contributed by atoms with Gasteiger partial charge in [0.05, 0.1) is 0 Å². The van der Waals surface area contributed by atoms with E-state index in [0.29, 0.717) is 0 Å². The molecule has 0 radical (unpaired) electrons. The van der Waals surface area contributed by atoms with Crippen molar-refractivity contribution in [2.24, 2.45) is 0 Å². The Labute approximate surface area is 36.7 Å². The molecule has 0 rings (SSSR count). The van der Waals surface area contributed by atoms with E-state index in [1.165, 1.54) is 0 Å². The highest BCUT2D eigenvalue weighted by atomic mass is 16.2. The molecule has 0 aromatic heterocycles. The highest BCUT2D eigenvalue weighted by Gasteiger charge is 0.841. The summed E-state index contributed by atoms with van der Waals surface area (Å²) in [5.41, 5.74) is 0. The van der Waals surface area contributed by atoms with E-state index >= 15 is 0 Å². The fraction of sp³-hybridized carbons (Fsp3) is 1.00. The second kappa shape index (κ2) is 2790. The lowest BCUT2D eigenvalue weighted by atomic mass is 11.8. The lowest BCUT2D eigenvalue weighted by Gasteiger charge is -1.21. The molecule has 0 spiro atoms. The molecule has 0 unspecified atom stereocenters. The zero-order valence-corrected chi connectivity index (χ0v) is 3.89. The van der Waals surface area contributed by atoms with Gasteiger partial charge < -0.3 is 21.2 Å². The van der Waals surface area contributed by atoms with Gasteiger partial charge in [-0.05, 0) is 0 Å². The largest absolute Gasteiger partial charge is 0.412 e. The van der Waals surface area contributed by atoms with E-state index in [4.69, 9.17) is 10.2 Å². The van der Waals surface area contributed by atoms with Crippen LogP contribution in [-0.2, 0) is 0 Å². The number of hydrogen-bond donors (Lipinski definition) is 2. The molecular weight excluding hydrogens is 88.0 g/mol. The summed E-state index contributed by atoms with van der Waals surface area (Å²) in [5.74, 6) is 0. The quantitative estimate of drug-likeness (QED) is 0.353. The molecule has 4 heteroatoms. The van der Waals surface area contributed by atoms with Crippen molar-refractivity contribution < 1.29 is 21.2 Å². The van der Waals surface area contributed by atoms with Crippen molar-refractivity contribution in [1.29, 1.82) is 0 Å². The van der Waals surface area contributed by atoms with E-state index in [2.05, 4.69) is 0 Å². The molecule has 0 bridgehead atoms. The highest BCUT2D eigenvalue weighted by molar-refractivity contribution is 3.18. The maximum Gasteiger partial charge on any atom is 0.0319 e. The van der Waals surface area contributed by atoms with Crippen molar-refractivity contribution in [2.45, 2.75) is 0 Å². The van der Waals surface area contributed by atoms with Gasteiger partial charge in [-0.3, -0.25) is 0 Å². The van der Waals surface area contributed by atoms with E-state index < -0.39 is 0 Å². The maximum absolute atomic E-state index is 7.00. The average Bonchev–Trinajstić information content (AvgIpc) is 1.50. The van der Waals surface area contributed by atoms with E-state index in [0.717, 1.165) is 14.2 Å². The van der Waals surface area contributed by atoms with Crippen LogP contribution in [0.15, 0.2) is 0 Å². The van der Waals surface area contributed by atoms with Gasteiger partial charge in [0.25, 0.3) is 0 Å². The molecular formula is C2H12O4. The molecule has 6 N–H and O–H groups in total. The van der Waals surface area contributed by atoms with Crippen molar-refractivity contribution in [2.75, 3.05) is 14.2 Å². The minimum Gasteiger partial charge on any atom is -0.412 e. The predicted octanol–water partition coefficient (Wildman–Crippen LogP) is -2.43. The molecule has 0 saturated carbocycles. The lowest BCUT2D eigenvalue weighted by Crippen LogP contribution is -1.25. The molecule has 0 aromatic rings. The molecule has 0 fully saturated rings. The molecule has 0 aliphatic carbocycles. The molecule has 0 saturated heterocycles. The van der Waals surface area contributed by atoms with Gasteiger partial charge >= 0.3 is 0 Å². The normalized spacial score (nSPS) is 2.00. The fourth-order valence-corrected chi connectivity index (χ4v) is 0. The summed E-state index contributed by atoms with van der Waals surface area (Å²) in [6, 6.07) is 0. The Morgan fingerprint density at radius 1 is 0.667 bits per heavy atom. The second-order valence-electron chi connectivity index (χ2n) is 0. The van der Waals surface area contributed by atoms with Gasteiger partial charge in [-0.25, -0.2) is 0 Å². The topological polar surface area (TPSA) is 103 Å². The van der Waals surface area contributed by atoms with E-state index in [9.17, 15) is 0 Å². The first-order valence-electron chi connectivity index (χ1n) is 0.894. The van der Waals surface area contributed by atoms with E-state index in [-0.39, 0.29) is 11.0 Å². The third kappa shape index (κ3) is 1210. The SMILES string of the molecule is CO.CO.O.O. The van der Waals surface area contributed by atoms with Crippen molar-refractivity contribution in [3.8, 4) is 0 Å². The van der Waals surface area contributed by atoms with Crippen molar-refractivity contribution in [3.63, 3.8) is 0 Å². The first-order chi connectivity index (χ1) is 2.00. The first kappa shape index (κ1) is 40.4. The highest BCUT2D eigenvalue weighted by Crippen LogP contribution is 0.757. The van der Waals surface area contributed by atoms with Crippen LogP contribution < -0.4 is 0 Å². The molecule has 0 atom stereocenters. The standard InChI is InChI=1S/2CH4O.2H2O/c2*1-2;;/h2*2H,1H3;2*1H2. The summed E-state index contributed by atoms with van der Waals surface area (Å²) in [6.07, 6.45) is 0. The summed E-state index contributed by atoms with van der Waals surface area (Å²) in [6.45, 7) is 0. The third-order valence-corrected chi connectivity index (χ3v) is 0. The molecule has 6 heavy (non-hydrogen) atoms. The number of aliphatic hydroxyl groups excluding tert-OH is 2. The molecule has 0 aliphatic rings. The summed E-state index contributed by atoms with van der Waals surface area (Å²) in [4.78, 5) is 0. The monoisotopic (exact) mass is 100 g/mol. The van der Waals surface area contributed by atoms with Crippen LogP contribution in [0.25, 0.3) is 0 Å². The van der Waals surface area contributed by atoms with Crippen LogP contribution in [0.2, 0.25) is 0 Å². The van der Waals surface area contributed by atoms with E-state index in [1.54, 1.807) is 0 Å². The summed E-state index contributed by atoms with van der Waals surface area (Å²) < 4.78 is 0. The van der Waals surface area contributed by atoms with Crippen molar-refractivity contribution in [1.82, 2.24) is 0 Å². The molecule has 0 aliphatic heterocycles. The van der Waals surface area contributed by atoms with Crippen LogP contribution in [0, 0.1) is 0 Å². The lowest BCUT2D eigenvalue weighted by molar-refractivity contribution is 0.399. The fourth-order valence-electron chi connectivity index (χ4n) is 0. The van der Waals surface area contributed by atoms with Crippen LogP contribution in [-0.4, -0.2) is 35.4 Å². The molecule has 0 amide bonds. The first-order valence-corrected chi connectivity index (χ1v) is 0.894. The summed E-state index contributed by atoms with van der Waals surface area (Å²) in [5, 5.41) is 14.0. The van der Waals surface area contributed by atoms with Gasteiger partial charge in [-0.2, -0.15) is 0 Å². The van der Waals surface area contributed by atoms with Crippen LogP contribution in [0.5, 0.6) is 0 Å². The zero-order valence-electron chi connectivity index (χ0n) is 3.89. The van der Waals surface area contributed by atoms with Crippen molar-refractivity contribution in [3.05, 3.63) is 0 Å². The predicted molar refractivity (Wildman–Crippen MR) is 23.5 cm³/mol. The molecule has 0 aromatic carbocycles. The Balaban J connectivity index is -0.00000000500. The molecule has 44 valence electrons. The van der Waals surface area contributed by atoms with Gasteiger partial charge in [-0.15, -0.1) is 0 Å². The Hall–Kier alpha value is -0.160. The van der Waals surface area contributed by atoms with Gasteiger partial charge in [-0.1, -0.05) is 0 Å². The van der Waals surface area contributed by atoms with Crippen molar-refractivity contribution >= 4 is 0 Å². The number of aliphatic hydroxyl groups is 2. The van der Waals surface area contributed by atoms with Gasteiger partial charge in [0.2, 0.25) is 0 Å². The van der Waals surface area contributed by atoms with Crippen LogP contribution in [0.3, 0.4) is 0 Å². The average molecular weight is 100 g/mol. The minimum atomic E-state index is 0. The summed E-state index contributed by atoms with van der Waals surface area (Å²) in [7, 11) is 2.00. The Kier molecular flexibility index (Phi) is 18800. The van der Waals surface area contributed by atoms with Crippen LogP contribution in [0.1, 0.15) is 0 Å². The van der Waals surface area contributed by atoms with Gasteiger partial charge in [0.1, 0.15) is 0 Å². The third-order valence-electron chi connectivity index (χ3n) is 0. The van der Waals surface area contributed by atoms with Gasteiger partial charge in [0.15, 0.2) is 0 Å². The summed E-state index contributed by atoms with van der Waals surface area (Å²) >= 11 is 0. The van der Waals surface area contributed by atoms with E-state index in [1.807, 2.05) is 0 Å². The molecule has 0 heterocycles. The maximum atomic E-state index is 7.00. The Bertz CT molecular complexity index is 5.51. The molecule has 4 nitrogen and oxygen atoms in total. The van der Waals surface area contributed by atoms with Crippen LogP contribution in [0.4, 0.5) is 0 Å². The van der Waals surface area contributed by atoms with Crippen LogP contribution >= 0.6 is 0 Å². The van der Waals surface area contributed by atoms with Gasteiger partial charge in [0, 0.05) is 14.2 Å². The second-order valence-corrected chi connectivity index (χ2v) is 0. The number of rotatable bonds is 0. The Morgan fingerprint density at radius 2 is 0.667 bits per heavy atom. The smallest absolute Gasteiger partial charge is 0.0319 e.